The van der Waals surface area contributed by atoms with Crippen LogP contribution in [-0.2, 0) is 9.53 Å². The molecule has 1 N–H and O–H groups in total. The number of anilines is 1. The normalized spacial score (nSPS) is 20.1. The first-order valence-corrected chi connectivity index (χ1v) is 11.5. The van der Waals surface area contributed by atoms with Crippen molar-refractivity contribution >= 4 is 28.6 Å². The molecule has 4 rings (SSSR count). The molecule has 0 bridgehead atoms. The molecule has 1 amide bonds. The maximum Gasteiger partial charge on any atom is 0.248 e. The molecule has 1 aliphatic rings. The molecule has 0 saturated heterocycles. The molecule has 1 aliphatic heterocycles. The van der Waals surface area contributed by atoms with Gasteiger partial charge in [0.2, 0.25) is 5.91 Å². The standard InChI is InChI=1S/C25H25F2N3O2S/c1-16-6-8-17(9-7-16)23-22(21-5-4-14-33-21)25(2,24(31)28-12-13-32-3)30(29-23)20-11-10-18(26)15-19(20)27/h4-11,14-15,22H,12-13H2,1-3H3,(H,28,31). The minimum atomic E-state index is -1.31. The van der Waals surface area contributed by atoms with Gasteiger partial charge in [-0.25, -0.2) is 13.8 Å². The highest BCUT2D eigenvalue weighted by Gasteiger charge is 2.55. The summed E-state index contributed by atoms with van der Waals surface area (Å²) in [4.78, 5) is 14.6. The second-order valence-electron chi connectivity index (χ2n) is 8.10. The topological polar surface area (TPSA) is 53.9 Å². The highest BCUT2D eigenvalue weighted by molar-refractivity contribution is 7.10. The van der Waals surface area contributed by atoms with Gasteiger partial charge >= 0.3 is 0 Å². The van der Waals surface area contributed by atoms with Gasteiger partial charge in [0.25, 0.3) is 0 Å². The first-order chi connectivity index (χ1) is 15.9. The molecule has 2 unspecified atom stereocenters. The first kappa shape index (κ1) is 23.1. The lowest BCUT2D eigenvalue weighted by Crippen LogP contribution is -2.57. The molecule has 0 spiro atoms. The van der Waals surface area contributed by atoms with Crippen molar-refractivity contribution < 1.29 is 18.3 Å². The van der Waals surface area contributed by atoms with Crippen LogP contribution in [0.1, 0.15) is 28.8 Å². The van der Waals surface area contributed by atoms with E-state index in [2.05, 4.69) is 5.32 Å². The van der Waals surface area contributed by atoms with Crippen molar-refractivity contribution in [3.63, 3.8) is 0 Å². The van der Waals surface area contributed by atoms with Crippen LogP contribution in [0.15, 0.2) is 65.1 Å². The molecule has 2 aromatic carbocycles. The molecule has 2 atom stereocenters. The number of ether oxygens (including phenoxy) is 1. The molecule has 5 nitrogen and oxygen atoms in total. The van der Waals surface area contributed by atoms with Crippen LogP contribution in [0.4, 0.5) is 14.5 Å². The number of carbonyl (C=O) groups excluding carboxylic acids is 1. The third-order valence-electron chi connectivity index (χ3n) is 5.85. The zero-order chi connectivity index (χ0) is 23.6. The van der Waals surface area contributed by atoms with Gasteiger partial charge in [-0.3, -0.25) is 4.79 Å². The lowest BCUT2D eigenvalue weighted by Gasteiger charge is -2.37. The van der Waals surface area contributed by atoms with Gasteiger partial charge in [0.05, 0.1) is 23.9 Å². The predicted molar refractivity (Wildman–Crippen MR) is 127 cm³/mol. The van der Waals surface area contributed by atoms with Crippen LogP contribution in [-0.4, -0.2) is 37.4 Å². The second kappa shape index (κ2) is 9.41. The molecule has 0 fully saturated rings. The molecular formula is C25H25F2N3O2S. The number of rotatable bonds is 7. The third-order valence-corrected chi connectivity index (χ3v) is 6.78. The van der Waals surface area contributed by atoms with Gasteiger partial charge < -0.3 is 10.1 Å². The molecule has 3 aromatic rings. The minimum absolute atomic E-state index is 0.0319. The number of nitrogens with one attached hydrogen (secondary N) is 1. The number of methoxy groups -OCH3 is 1. The first-order valence-electron chi connectivity index (χ1n) is 10.6. The van der Waals surface area contributed by atoms with Crippen molar-refractivity contribution in [3.05, 3.63) is 87.6 Å². The van der Waals surface area contributed by atoms with Crippen LogP contribution in [0, 0.1) is 18.6 Å². The van der Waals surface area contributed by atoms with Crippen molar-refractivity contribution in [2.24, 2.45) is 5.10 Å². The van der Waals surface area contributed by atoms with Crippen LogP contribution >= 0.6 is 11.3 Å². The van der Waals surface area contributed by atoms with E-state index >= 15 is 0 Å². The van der Waals surface area contributed by atoms with E-state index in [1.165, 1.54) is 28.5 Å². The summed E-state index contributed by atoms with van der Waals surface area (Å²) in [5, 5.41) is 11.0. The summed E-state index contributed by atoms with van der Waals surface area (Å²) >= 11 is 1.51. The van der Waals surface area contributed by atoms with Gasteiger partial charge in [-0.15, -0.1) is 11.3 Å². The summed E-state index contributed by atoms with van der Waals surface area (Å²) in [6.45, 7) is 4.36. The Morgan fingerprint density at radius 3 is 2.61 bits per heavy atom. The Balaban J connectivity index is 1.90. The van der Waals surface area contributed by atoms with E-state index in [9.17, 15) is 13.6 Å². The Morgan fingerprint density at radius 1 is 1.21 bits per heavy atom. The quantitative estimate of drug-likeness (QED) is 0.503. The van der Waals surface area contributed by atoms with Crippen LogP contribution in [0.3, 0.4) is 0 Å². The lowest BCUT2D eigenvalue weighted by atomic mass is 9.78. The predicted octanol–water partition coefficient (Wildman–Crippen LogP) is 4.86. The van der Waals surface area contributed by atoms with Crippen molar-refractivity contribution in [2.45, 2.75) is 25.3 Å². The van der Waals surface area contributed by atoms with Crippen LogP contribution < -0.4 is 10.3 Å². The fraction of sp³-hybridized carbons (Fsp3) is 0.280. The number of nitrogens with zero attached hydrogens (tertiary/aromatic N) is 2. The number of hydrogen-bond donors (Lipinski definition) is 1. The number of thiophene rings is 1. The van der Waals surface area contributed by atoms with E-state index < -0.39 is 23.1 Å². The molecule has 0 aliphatic carbocycles. The highest BCUT2D eigenvalue weighted by atomic mass is 32.1. The van der Waals surface area contributed by atoms with Gasteiger partial charge in [-0.1, -0.05) is 35.9 Å². The van der Waals surface area contributed by atoms with Crippen LogP contribution in [0.5, 0.6) is 0 Å². The van der Waals surface area contributed by atoms with Gasteiger partial charge in [0, 0.05) is 24.6 Å². The Hall–Kier alpha value is -3.10. The van der Waals surface area contributed by atoms with Gasteiger partial charge in [-0.2, -0.15) is 5.10 Å². The van der Waals surface area contributed by atoms with E-state index in [1.54, 1.807) is 14.0 Å². The summed E-state index contributed by atoms with van der Waals surface area (Å²) in [6.07, 6.45) is 0. The molecule has 0 saturated carbocycles. The van der Waals surface area contributed by atoms with E-state index in [0.717, 1.165) is 22.1 Å². The summed E-state index contributed by atoms with van der Waals surface area (Å²) in [6, 6.07) is 15.0. The summed E-state index contributed by atoms with van der Waals surface area (Å²) < 4.78 is 33.7. The monoisotopic (exact) mass is 469 g/mol. The van der Waals surface area contributed by atoms with E-state index in [4.69, 9.17) is 9.84 Å². The Labute approximate surface area is 195 Å². The largest absolute Gasteiger partial charge is 0.383 e. The summed E-state index contributed by atoms with van der Waals surface area (Å²) in [5.74, 6) is -2.29. The molecule has 8 heteroatoms. The van der Waals surface area contributed by atoms with Crippen molar-refractivity contribution in [2.75, 3.05) is 25.3 Å². The Kier molecular flexibility index (Phi) is 6.58. The second-order valence-corrected chi connectivity index (χ2v) is 9.08. The average Bonchev–Trinajstić information content (AvgIpc) is 3.41. The third kappa shape index (κ3) is 4.28. The number of amides is 1. The zero-order valence-corrected chi connectivity index (χ0v) is 19.5. The fourth-order valence-corrected chi connectivity index (χ4v) is 5.05. The lowest BCUT2D eigenvalue weighted by molar-refractivity contribution is -0.126. The summed E-state index contributed by atoms with van der Waals surface area (Å²) in [7, 11) is 1.55. The maximum absolute atomic E-state index is 15.0. The molecular weight excluding hydrogens is 444 g/mol. The van der Waals surface area contributed by atoms with Crippen LogP contribution in [0.25, 0.3) is 0 Å². The van der Waals surface area contributed by atoms with Crippen molar-refractivity contribution in [1.29, 1.82) is 0 Å². The fourth-order valence-electron chi connectivity index (χ4n) is 4.10. The molecule has 0 radical (unpaired) electrons. The number of carbonyl (C=O) groups is 1. The Morgan fingerprint density at radius 2 is 1.97 bits per heavy atom. The van der Waals surface area contributed by atoms with Crippen molar-refractivity contribution in [1.82, 2.24) is 5.32 Å². The summed E-state index contributed by atoms with van der Waals surface area (Å²) in [5.41, 5.74) is 1.29. The molecule has 172 valence electrons. The zero-order valence-electron chi connectivity index (χ0n) is 18.6. The van der Waals surface area contributed by atoms with Gasteiger partial charge in [0.1, 0.15) is 5.82 Å². The number of hydrazone groups is 1. The van der Waals surface area contributed by atoms with Crippen LogP contribution in [0.2, 0.25) is 0 Å². The molecule has 2 heterocycles. The van der Waals surface area contributed by atoms with Gasteiger partial charge in [-0.05, 0) is 43.0 Å². The van der Waals surface area contributed by atoms with E-state index in [1.807, 2.05) is 48.7 Å². The SMILES string of the molecule is COCCNC(=O)C1(C)C(c2cccs2)C(c2ccc(C)cc2)=NN1c1ccc(F)cc1F. The highest BCUT2D eigenvalue weighted by Crippen LogP contribution is 2.46. The average molecular weight is 470 g/mol. The Bertz CT molecular complexity index is 1160. The molecule has 33 heavy (non-hydrogen) atoms. The number of halogens is 2. The number of aryl methyl sites for hydroxylation is 1. The van der Waals surface area contributed by atoms with E-state index in [0.29, 0.717) is 18.9 Å². The minimum Gasteiger partial charge on any atom is -0.383 e. The van der Waals surface area contributed by atoms with Crippen molar-refractivity contribution in [3.8, 4) is 0 Å². The van der Waals surface area contributed by atoms with E-state index in [-0.39, 0.29) is 11.6 Å². The molecule has 1 aromatic heterocycles. The smallest absolute Gasteiger partial charge is 0.248 e. The number of hydrogen-bond acceptors (Lipinski definition) is 5. The van der Waals surface area contributed by atoms with Gasteiger partial charge in [0.15, 0.2) is 11.4 Å². The maximum atomic E-state index is 15.0. The number of benzene rings is 2.